The zero-order valence-corrected chi connectivity index (χ0v) is 15.7. The molecule has 4 heterocycles. The summed E-state index contributed by atoms with van der Waals surface area (Å²) in [6.07, 6.45) is 1.80. The molecule has 1 fully saturated rings. The van der Waals surface area contributed by atoms with Gasteiger partial charge in [-0.2, -0.15) is 0 Å². The van der Waals surface area contributed by atoms with Gasteiger partial charge in [0.25, 0.3) is 0 Å². The van der Waals surface area contributed by atoms with Crippen molar-refractivity contribution in [3.63, 3.8) is 0 Å². The maximum Gasteiger partial charge on any atom is 0.186 e. The van der Waals surface area contributed by atoms with E-state index in [2.05, 4.69) is 15.2 Å². The Bertz CT molecular complexity index is 904. The van der Waals surface area contributed by atoms with E-state index in [0.717, 1.165) is 64.9 Å². The lowest BCUT2D eigenvalue weighted by Gasteiger charge is -2.26. The second-order valence-corrected chi connectivity index (χ2v) is 7.24. The molecule has 134 valence electrons. The third-order valence-corrected chi connectivity index (χ3v) is 5.46. The standard InChI is InChI=1S/C19H21N5OS/c1-13-6-7-20-17(12-13)23-16-5-3-4-15(22-16)18-14(2)21-19(26-18)24-8-10-25-11-9-24/h3-7,12H,8-11H2,1-2H3,(H,20,22,23). The molecule has 0 amide bonds. The first-order valence-corrected chi connectivity index (χ1v) is 9.48. The molecule has 0 aromatic carbocycles. The molecule has 0 bridgehead atoms. The van der Waals surface area contributed by atoms with E-state index in [4.69, 9.17) is 14.7 Å². The van der Waals surface area contributed by atoms with E-state index in [1.165, 1.54) is 0 Å². The Morgan fingerprint density at radius 3 is 2.73 bits per heavy atom. The molecular weight excluding hydrogens is 346 g/mol. The number of thiazole rings is 1. The van der Waals surface area contributed by atoms with Crippen molar-refractivity contribution in [1.82, 2.24) is 15.0 Å². The number of morpholine rings is 1. The van der Waals surface area contributed by atoms with E-state index >= 15 is 0 Å². The van der Waals surface area contributed by atoms with Gasteiger partial charge in [0.1, 0.15) is 11.6 Å². The summed E-state index contributed by atoms with van der Waals surface area (Å²) in [6, 6.07) is 9.96. The van der Waals surface area contributed by atoms with Crippen LogP contribution in [0.3, 0.4) is 0 Å². The number of nitrogens with zero attached hydrogens (tertiary/aromatic N) is 4. The largest absolute Gasteiger partial charge is 0.378 e. The van der Waals surface area contributed by atoms with E-state index in [1.807, 2.05) is 44.2 Å². The molecule has 3 aromatic rings. The summed E-state index contributed by atoms with van der Waals surface area (Å²) in [5, 5.41) is 4.32. The van der Waals surface area contributed by atoms with Gasteiger partial charge in [-0.15, -0.1) is 0 Å². The zero-order chi connectivity index (χ0) is 17.9. The lowest BCUT2D eigenvalue weighted by Crippen LogP contribution is -2.36. The van der Waals surface area contributed by atoms with Gasteiger partial charge in [0.05, 0.1) is 29.5 Å². The van der Waals surface area contributed by atoms with Crippen LogP contribution in [-0.4, -0.2) is 41.3 Å². The number of ether oxygens (including phenoxy) is 1. The van der Waals surface area contributed by atoms with Crippen molar-refractivity contribution in [2.45, 2.75) is 13.8 Å². The molecule has 7 heteroatoms. The van der Waals surface area contributed by atoms with Gasteiger partial charge in [-0.3, -0.25) is 0 Å². The molecule has 0 radical (unpaired) electrons. The van der Waals surface area contributed by atoms with Gasteiger partial charge in [0.15, 0.2) is 5.13 Å². The van der Waals surface area contributed by atoms with Crippen molar-refractivity contribution in [1.29, 1.82) is 0 Å². The van der Waals surface area contributed by atoms with Crippen LogP contribution in [0.2, 0.25) is 0 Å². The van der Waals surface area contributed by atoms with Crippen molar-refractivity contribution >= 4 is 28.1 Å². The van der Waals surface area contributed by atoms with Crippen molar-refractivity contribution in [2.24, 2.45) is 0 Å². The van der Waals surface area contributed by atoms with Gasteiger partial charge in [-0.05, 0) is 43.7 Å². The molecule has 3 aromatic heterocycles. The van der Waals surface area contributed by atoms with E-state index in [0.29, 0.717) is 0 Å². The van der Waals surface area contributed by atoms with Gasteiger partial charge in [0.2, 0.25) is 0 Å². The number of aryl methyl sites for hydroxylation is 2. The molecule has 6 nitrogen and oxygen atoms in total. The fourth-order valence-corrected chi connectivity index (χ4v) is 3.96. The molecule has 0 unspecified atom stereocenters. The normalized spacial score (nSPS) is 14.5. The van der Waals surface area contributed by atoms with Crippen LogP contribution in [-0.2, 0) is 4.74 Å². The van der Waals surface area contributed by atoms with Crippen LogP contribution < -0.4 is 10.2 Å². The van der Waals surface area contributed by atoms with Crippen LogP contribution in [0.15, 0.2) is 36.5 Å². The molecular formula is C19H21N5OS. The van der Waals surface area contributed by atoms with Crippen molar-refractivity contribution in [3.05, 3.63) is 47.8 Å². The minimum absolute atomic E-state index is 0.759. The Morgan fingerprint density at radius 1 is 1.08 bits per heavy atom. The molecule has 4 rings (SSSR count). The number of nitrogens with one attached hydrogen (secondary N) is 1. The van der Waals surface area contributed by atoms with Gasteiger partial charge in [-0.1, -0.05) is 17.4 Å². The minimum Gasteiger partial charge on any atom is -0.378 e. The molecule has 1 saturated heterocycles. The second kappa shape index (κ2) is 7.39. The SMILES string of the molecule is Cc1ccnc(Nc2cccc(-c3sc(N4CCOCC4)nc3C)n2)c1. The summed E-state index contributed by atoms with van der Waals surface area (Å²) in [6.45, 7) is 7.38. The summed E-state index contributed by atoms with van der Waals surface area (Å²) in [5.41, 5.74) is 3.10. The molecule has 0 spiro atoms. The fourth-order valence-electron chi connectivity index (χ4n) is 2.88. The Hall–Kier alpha value is -2.51. The third kappa shape index (κ3) is 3.68. The topological polar surface area (TPSA) is 63.2 Å². The smallest absolute Gasteiger partial charge is 0.186 e. The second-order valence-electron chi connectivity index (χ2n) is 6.26. The highest BCUT2D eigenvalue weighted by Crippen LogP contribution is 2.34. The summed E-state index contributed by atoms with van der Waals surface area (Å²) in [4.78, 5) is 17.2. The molecule has 26 heavy (non-hydrogen) atoms. The predicted octanol–water partition coefficient (Wildman–Crippen LogP) is 3.80. The number of anilines is 3. The average Bonchev–Trinajstić information content (AvgIpc) is 3.05. The Labute approximate surface area is 156 Å². The first-order valence-electron chi connectivity index (χ1n) is 8.66. The van der Waals surface area contributed by atoms with Crippen LogP contribution in [0.1, 0.15) is 11.3 Å². The Morgan fingerprint density at radius 2 is 1.92 bits per heavy atom. The van der Waals surface area contributed by atoms with Gasteiger partial charge < -0.3 is 15.0 Å². The maximum absolute atomic E-state index is 5.43. The highest BCUT2D eigenvalue weighted by atomic mass is 32.1. The van der Waals surface area contributed by atoms with Crippen molar-refractivity contribution < 1.29 is 4.74 Å². The Balaban J connectivity index is 1.59. The van der Waals surface area contributed by atoms with Gasteiger partial charge in [0, 0.05) is 19.3 Å². The summed E-state index contributed by atoms with van der Waals surface area (Å²) in [5.74, 6) is 1.58. The van der Waals surface area contributed by atoms with Crippen molar-refractivity contribution in [2.75, 3.05) is 36.5 Å². The molecule has 1 aliphatic heterocycles. The van der Waals surface area contributed by atoms with E-state index in [9.17, 15) is 0 Å². The molecule has 0 atom stereocenters. The van der Waals surface area contributed by atoms with Crippen LogP contribution in [0.5, 0.6) is 0 Å². The molecule has 1 N–H and O–H groups in total. The minimum atomic E-state index is 0.759. The third-order valence-electron chi connectivity index (χ3n) is 4.22. The predicted molar refractivity (Wildman–Crippen MR) is 105 cm³/mol. The number of aromatic nitrogens is 3. The Kier molecular flexibility index (Phi) is 4.81. The van der Waals surface area contributed by atoms with Crippen LogP contribution in [0.4, 0.5) is 16.8 Å². The summed E-state index contributed by atoms with van der Waals surface area (Å²) < 4.78 is 5.43. The monoisotopic (exact) mass is 367 g/mol. The van der Waals surface area contributed by atoms with E-state index < -0.39 is 0 Å². The van der Waals surface area contributed by atoms with Crippen LogP contribution in [0, 0.1) is 13.8 Å². The highest BCUT2D eigenvalue weighted by Gasteiger charge is 2.18. The average molecular weight is 367 g/mol. The van der Waals surface area contributed by atoms with E-state index in [1.54, 1.807) is 17.5 Å². The number of hydrogen-bond donors (Lipinski definition) is 1. The number of rotatable bonds is 4. The van der Waals surface area contributed by atoms with Crippen LogP contribution in [0.25, 0.3) is 10.6 Å². The number of hydrogen-bond acceptors (Lipinski definition) is 7. The first-order chi connectivity index (χ1) is 12.7. The lowest BCUT2D eigenvalue weighted by atomic mass is 10.2. The molecule has 0 saturated carbocycles. The fraction of sp³-hybridized carbons (Fsp3) is 0.316. The maximum atomic E-state index is 5.43. The quantitative estimate of drug-likeness (QED) is 0.757. The number of pyridine rings is 2. The van der Waals surface area contributed by atoms with Crippen molar-refractivity contribution in [3.8, 4) is 10.6 Å². The van der Waals surface area contributed by atoms with E-state index in [-0.39, 0.29) is 0 Å². The summed E-state index contributed by atoms with van der Waals surface area (Å²) in [7, 11) is 0. The van der Waals surface area contributed by atoms with Crippen LogP contribution >= 0.6 is 11.3 Å². The molecule has 1 aliphatic rings. The van der Waals surface area contributed by atoms with Gasteiger partial charge in [-0.25, -0.2) is 15.0 Å². The first kappa shape index (κ1) is 16.9. The zero-order valence-electron chi connectivity index (χ0n) is 14.9. The molecule has 0 aliphatic carbocycles. The summed E-state index contributed by atoms with van der Waals surface area (Å²) >= 11 is 1.69. The lowest BCUT2D eigenvalue weighted by molar-refractivity contribution is 0.122. The highest BCUT2D eigenvalue weighted by molar-refractivity contribution is 7.19. The van der Waals surface area contributed by atoms with Gasteiger partial charge >= 0.3 is 0 Å².